The molecule has 18 heavy (non-hydrogen) atoms. The molecule has 2 rings (SSSR count). The third-order valence-corrected chi connectivity index (χ3v) is 3.47. The van der Waals surface area contributed by atoms with Crippen LogP contribution in [-0.2, 0) is 0 Å². The summed E-state index contributed by atoms with van der Waals surface area (Å²) in [5.41, 5.74) is -0.0432. The maximum Gasteiger partial charge on any atom is 0.318 e. The van der Waals surface area contributed by atoms with Gasteiger partial charge in [0.05, 0.1) is 29.0 Å². The lowest BCUT2D eigenvalue weighted by molar-refractivity contribution is -0.383. The molecule has 0 heterocycles. The Bertz CT molecular complexity index is 627. The van der Waals surface area contributed by atoms with Gasteiger partial charge in [-0.05, 0) is 40.2 Å². The summed E-state index contributed by atoms with van der Waals surface area (Å²) in [4.78, 5) is 10.7. The van der Waals surface area contributed by atoms with E-state index in [0.717, 1.165) is 0 Å². The van der Waals surface area contributed by atoms with Crippen molar-refractivity contribution in [1.82, 2.24) is 0 Å². The Kier molecular flexibility index (Phi) is 3.38. The van der Waals surface area contributed by atoms with Crippen molar-refractivity contribution in [3.63, 3.8) is 0 Å². The molecule has 0 unspecified atom stereocenters. The highest BCUT2D eigenvalue weighted by molar-refractivity contribution is 9.10. The summed E-state index contributed by atoms with van der Waals surface area (Å²) in [6, 6.07) is 6.66. The Morgan fingerprint density at radius 2 is 1.61 bits per heavy atom. The van der Waals surface area contributed by atoms with Gasteiger partial charge in [-0.3, -0.25) is 10.1 Å². The molecule has 94 valence electrons. The van der Waals surface area contributed by atoms with Gasteiger partial charge in [-0.25, -0.2) is 0 Å². The highest BCUT2D eigenvalue weighted by atomic mass is 79.9. The molecule has 0 N–H and O–H groups in total. The van der Waals surface area contributed by atoms with Crippen molar-refractivity contribution in [3.8, 4) is 11.5 Å². The molecule has 0 aliphatic rings. The third-order valence-electron chi connectivity index (χ3n) is 2.66. The highest BCUT2D eigenvalue weighted by Gasteiger charge is 2.21. The monoisotopic (exact) mass is 311 g/mol. The number of methoxy groups -OCH3 is 2. The molecule has 0 aliphatic heterocycles. The summed E-state index contributed by atoms with van der Waals surface area (Å²) in [6.45, 7) is 0. The van der Waals surface area contributed by atoms with Gasteiger partial charge in [0.15, 0.2) is 5.75 Å². The number of benzene rings is 2. The van der Waals surface area contributed by atoms with Gasteiger partial charge in [0.2, 0.25) is 0 Å². The number of fused-ring (bicyclic) bond motifs is 1. The van der Waals surface area contributed by atoms with Crippen molar-refractivity contribution < 1.29 is 14.4 Å². The van der Waals surface area contributed by atoms with E-state index < -0.39 is 4.92 Å². The van der Waals surface area contributed by atoms with Gasteiger partial charge < -0.3 is 9.47 Å². The van der Waals surface area contributed by atoms with Crippen LogP contribution in [0.1, 0.15) is 0 Å². The molecular weight excluding hydrogens is 302 g/mol. The number of nitro groups is 1. The molecule has 2 aromatic carbocycles. The fourth-order valence-corrected chi connectivity index (χ4v) is 2.46. The summed E-state index contributed by atoms with van der Waals surface area (Å²) >= 11 is 3.38. The second kappa shape index (κ2) is 4.81. The van der Waals surface area contributed by atoms with E-state index in [1.807, 2.05) is 0 Å². The smallest absolute Gasteiger partial charge is 0.318 e. The quantitative estimate of drug-likeness (QED) is 0.642. The van der Waals surface area contributed by atoms with E-state index in [9.17, 15) is 10.1 Å². The molecule has 0 saturated heterocycles. The normalized spacial score (nSPS) is 10.4. The average Bonchev–Trinajstić information content (AvgIpc) is 2.37. The molecule has 0 bridgehead atoms. The van der Waals surface area contributed by atoms with E-state index in [1.165, 1.54) is 7.11 Å². The minimum Gasteiger partial charge on any atom is -0.496 e. The molecule has 0 spiro atoms. The van der Waals surface area contributed by atoms with Crippen LogP contribution in [0.25, 0.3) is 10.8 Å². The Hall–Kier alpha value is -1.82. The zero-order valence-electron chi connectivity index (χ0n) is 9.77. The second-order valence-electron chi connectivity index (χ2n) is 3.55. The Labute approximate surface area is 112 Å². The van der Waals surface area contributed by atoms with Crippen LogP contribution in [0, 0.1) is 10.1 Å². The van der Waals surface area contributed by atoms with E-state index >= 15 is 0 Å². The lowest BCUT2D eigenvalue weighted by Gasteiger charge is -2.09. The standard InChI is InChI=1S/C12H10BrNO4/c1-17-9-5-4-8-7(11(9)13)3-6-10(18-2)12(8)14(15)16/h3-6H,1-2H3. The fraction of sp³-hybridized carbons (Fsp3) is 0.167. The van der Waals surface area contributed by atoms with E-state index in [0.29, 0.717) is 21.0 Å². The highest BCUT2D eigenvalue weighted by Crippen LogP contribution is 2.41. The van der Waals surface area contributed by atoms with Crippen LogP contribution in [0.5, 0.6) is 11.5 Å². The molecule has 0 saturated carbocycles. The van der Waals surface area contributed by atoms with Gasteiger partial charge >= 0.3 is 5.69 Å². The van der Waals surface area contributed by atoms with Crippen molar-refractivity contribution in [3.05, 3.63) is 38.9 Å². The van der Waals surface area contributed by atoms with Gasteiger partial charge in [0.1, 0.15) is 5.75 Å². The summed E-state index contributed by atoms with van der Waals surface area (Å²) in [5, 5.41) is 12.4. The second-order valence-corrected chi connectivity index (χ2v) is 4.34. The first kappa shape index (κ1) is 12.6. The van der Waals surface area contributed by atoms with Crippen molar-refractivity contribution in [1.29, 1.82) is 0 Å². The van der Waals surface area contributed by atoms with Gasteiger partial charge in [-0.2, -0.15) is 0 Å². The first-order valence-electron chi connectivity index (χ1n) is 5.07. The molecule has 2 aromatic rings. The number of hydrogen-bond acceptors (Lipinski definition) is 4. The summed E-state index contributed by atoms with van der Waals surface area (Å²) in [6.07, 6.45) is 0. The molecule has 0 atom stereocenters. The van der Waals surface area contributed by atoms with Crippen molar-refractivity contribution in [2.24, 2.45) is 0 Å². The number of nitro benzene ring substituents is 1. The molecule has 0 amide bonds. The van der Waals surface area contributed by atoms with E-state index in [4.69, 9.17) is 9.47 Å². The van der Waals surface area contributed by atoms with E-state index in [-0.39, 0.29) is 11.4 Å². The Morgan fingerprint density at radius 1 is 1.06 bits per heavy atom. The molecule has 6 heteroatoms. The van der Waals surface area contributed by atoms with Crippen LogP contribution in [0.2, 0.25) is 0 Å². The largest absolute Gasteiger partial charge is 0.496 e. The maximum atomic E-state index is 11.1. The number of halogens is 1. The van der Waals surface area contributed by atoms with Crippen LogP contribution >= 0.6 is 15.9 Å². The minimum atomic E-state index is -0.444. The minimum absolute atomic E-state index is 0.0432. The molecule has 0 radical (unpaired) electrons. The topological polar surface area (TPSA) is 61.6 Å². The molecule has 5 nitrogen and oxygen atoms in total. The summed E-state index contributed by atoms with van der Waals surface area (Å²) in [5.74, 6) is 0.867. The lowest BCUT2D eigenvalue weighted by Crippen LogP contribution is -1.95. The van der Waals surface area contributed by atoms with Crippen LogP contribution in [0.4, 0.5) is 5.69 Å². The van der Waals surface area contributed by atoms with Gasteiger partial charge in [-0.15, -0.1) is 0 Å². The molecule has 0 aliphatic carbocycles. The van der Waals surface area contributed by atoms with Crippen molar-refractivity contribution >= 4 is 32.4 Å². The predicted octanol–water partition coefficient (Wildman–Crippen LogP) is 3.53. The SMILES string of the molecule is COc1ccc2c([N+](=O)[O-])c(OC)ccc2c1Br. The van der Waals surface area contributed by atoms with E-state index in [2.05, 4.69) is 15.9 Å². The molecule has 0 aromatic heterocycles. The van der Waals surface area contributed by atoms with E-state index in [1.54, 1.807) is 31.4 Å². The van der Waals surface area contributed by atoms with Crippen LogP contribution in [-0.4, -0.2) is 19.1 Å². The Morgan fingerprint density at radius 3 is 2.17 bits per heavy atom. The number of hydrogen-bond donors (Lipinski definition) is 0. The number of ether oxygens (including phenoxy) is 2. The predicted molar refractivity (Wildman–Crippen MR) is 71.4 cm³/mol. The van der Waals surface area contributed by atoms with Crippen molar-refractivity contribution in [2.75, 3.05) is 14.2 Å². The fourth-order valence-electron chi connectivity index (χ4n) is 1.82. The third kappa shape index (κ3) is 1.88. The van der Waals surface area contributed by atoms with Gasteiger partial charge in [0.25, 0.3) is 0 Å². The van der Waals surface area contributed by atoms with Gasteiger partial charge in [0, 0.05) is 5.39 Å². The van der Waals surface area contributed by atoms with Gasteiger partial charge in [-0.1, -0.05) is 0 Å². The average molecular weight is 312 g/mol. The number of nitrogens with zero attached hydrogens (tertiary/aromatic N) is 1. The molecular formula is C12H10BrNO4. The number of rotatable bonds is 3. The summed E-state index contributed by atoms with van der Waals surface area (Å²) < 4.78 is 10.9. The van der Waals surface area contributed by atoms with Crippen LogP contribution in [0.3, 0.4) is 0 Å². The van der Waals surface area contributed by atoms with Crippen LogP contribution < -0.4 is 9.47 Å². The lowest BCUT2D eigenvalue weighted by atomic mass is 10.1. The first-order valence-corrected chi connectivity index (χ1v) is 5.87. The van der Waals surface area contributed by atoms with Crippen molar-refractivity contribution in [2.45, 2.75) is 0 Å². The zero-order valence-corrected chi connectivity index (χ0v) is 11.4. The first-order chi connectivity index (χ1) is 8.60. The maximum absolute atomic E-state index is 11.1. The molecule has 0 fully saturated rings. The van der Waals surface area contributed by atoms with Crippen LogP contribution in [0.15, 0.2) is 28.7 Å². The summed E-state index contributed by atoms with van der Waals surface area (Å²) in [7, 11) is 2.95. The zero-order chi connectivity index (χ0) is 13.3. The Balaban J connectivity index is 2.86.